The van der Waals surface area contributed by atoms with Crippen molar-refractivity contribution < 1.29 is 24.0 Å². The molecule has 2 saturated heterocycles. The van der Waals surface area contributed by atoms with Gasteiger partial charge in [0.1, 0.15) is 23.7 Å². The lowest BCUT2D eigenvalue weighted by molar-refractivity contribution is -0.384. The molecule has 0 N–H and O–H groups in total. The summed E-state index contributed by atoms with van der Waals surface area (Å²) in [6.45, 7) is 7.52. The van der Waals surface area contributed by atoms with Gasteiger partial charge < -0.3 is 23.8 Å². The third-order valence-corrected chi connectivity index (χ3v) is 8.08. The number of nitrogens with zero attached hydrogens (tertiary/aromatic N) is 5. The van der Waals surface area contributed by atoms with Gasteiger partial charge in [-0.1, -0.05) is 0 Å². The molecule has 0 saturated carbocycles. The molecule has 2 fully saturated rings. The highest BCUT2D eigenvalue weighted by Crippen LogP contribution is 2.35. The van der Waals surface area contributed by atoms with Gasteiger partial charge in [-0.25, -0.2) is 0 Å². The Morgan fingerprint density at radius 3 is 2.37 bits per heavy atom. The molecular weight excluding hydrogens is 570 g/mol. The fraction of sp³-hybridized carbons (Fsp3) is 0.323. The van der Waals surface area contributed by atoms with Gasteiger partial charge in [0.05, 0.1) is 30.0 Å². The lowest BCUT2D eigenvalue weighted by atomic mass is 10.2. The first-order valence-electron chi connectivity index (χ1n) is 14.0. The summed E-state index contributed by atoms with van der Waals surface area (Å²) in [6.07, 6.45) is 3.72. The molecule has 0 radical (unpaired) electrons. The fourth-order valence-electron chi connectivity index (χ4n) is 5.61. The number of rotatable bonds is 9. The van der Waals surface area contributed by atoms with Gasteiger partial charge in [0, 0.05) is 30.5 Å². The quantitative estimate of drug-likeness (QED) is 0.108. The summed E-state index contributed by atoms with van der Waals surface area (Å²) in [7, 11) is 1.28. The van der Waals surface area contributed by atoms with Crippen molar-refractivity contribution >= 4 is 52.3 Å². The van der Waals surface area contributed by atoms with Crippen molar-refractivity contribution in [1.29, 1.82) is 0 Å². The Hall–Kier alpha value is -4.71. The number of benzene rings is 2. The summed E-state index contributed by atoms with van der Waals surface area (Å²) in [5.41, 5.74) is 4.36. The molecule has 3 aromatic rings. The molecule has 224 valence electrons. The average molecular weight is 604 g/mol. The maximum Gasteiger partial charge on any atom is 0.325 e. The molecule has 12 heteroatoms. The van der Waals surface area contributed by atoms with Gasteiger partial charge >= 0.3 is 5.97 Å². The Kier molecular flexibility index (Phi) is 8.49. The molecule has 1 amide bonds. The molecule has 11 nitrogen and oxygen atoms in total. The van der Waals surface area contributed by atoms with Crippen LogP contribution in [0.4, 0.5) is 17.1 Å². The summed E-state index contributed by atoms with van der Waals surface area (Å²) in [6, 6.07) is 14.2. The number of thiocarbonyl (C=S) groups is 1. The Balaban J connectivity index is 1.54. The van der Waals surface area contributed by atoms with Crippen molar-refractivity contribution in [3.63, 3.8) is 0 Å². The van der Waals surface area contributed by atoms with Crippen LogP contribution in [0.3, 0.4) is 0 Å². The summed E-state index contributed by atoms with van der Waals surface area (Å²) < 4.78 is 12.3. The van der Waals surface area contributed by atoms with E-state index in [9.17, 15) is 19.7 Å². The second-order valence-corrected chi connectivity index (χ2v) is 10.7. The third-order valence-electron chi connectivity index (χ3n) is 7.68. The van der Waals surface area contributed by atoms with Gasteiger partial charge in [-0.05, 0) is 99.9 Å². The van der Waals surface area contributed by atoms with E-state index in [4.69, 9.17) is 21.7 Å². The van der Waals surface area contributed by atoms with Crippen LogP contribution in [0.5, 0.6) is 5.75 Å². The normalized spacial score (nSPS) is 16.0. The number of amides is 1. The van der Waals surface area contributed by atoms with Crippen LogP contribution in [0.1, 0.15) is 36.7 Å². The number of esters is 1. The zero-order valence-electron chi connectivity index (χ0n) is 24.5. The molecule has 5 rings (SSSR count). The number of aromatic nitrogens is 1. The van der Waals surface area contributed by atoms with E-state index in [1.807, 2.05) is 48.4 Å². The Labute approximate surface area is 255 Å². The van der Waals surface area contributed by atoms with E-state index >= 15 is 0 Å². The number of carbonyl (C=O) groups is 2. The molecule has 0 spiro atoms. The van der Waals surface area contributed by atoms with E-state index in [0.29, 0.717) is 35.0 Å². The van der Waals surface area contributed by atoms with Crippen LogP contribution in [0.2, 0.25) is 0 Å². The number of hydrogen-bond acceptors (Lipinski definition) is 8. The molecule has 43 heavy (non-hydrogen) atoms. The van der Waals surface area contributed by atoms with Gasteiger partial charge in [0.2, 0.25) is 0 Å². The second kappa shape index (κ2) is 12.3. The zero-order chi connectivity index (χ0) is 30.8. The predicted molar refractivity (Wildman–Crippen MR) is 168 cm³/mol. The van der Waals surface area contributed by atoms with Crippen molar-refractivity contribution in [3.05, 3.63) is 81.3 Å². The molecule has 2 aliphatic rings. The first-order valence-corrected chi connectivity index (χ1v) is 14.5. The predicted octanol–water partition coefficient (Wildman–Crippen LogP) is 5.15. The first-order chi connectivity index (χ1) is 20.6. The molecule has 2 aliphatic heterocycles. The number of nitro groups is 1. The van der Waals surface area contributed by atoms with Gasteiger partial charge in [0.15, 0.2) is 5.11 Å². The Morgan fingerprint density at radius 1 is 1.07 bits per heavy atom. The van der Waals surface area contributed by atoms with Crippen LogP contribution >= 0.6 is 12.2 Å². The SMILES string of the molecule is CCOc1ccc(N2C(=O)/C(=C/c3cc(C)n(-c4ccc(N5CCCC5)c([N+](=O)[O-])c4)c3C)N(CC(=O)OC)C2=S)cc1. The largest absolute Gasteiger partial charge is 0.494 e. The number of ether oxygens (including phenoxy) is 2. The van der Waals surface area contributed by atoms with Crippen LogP contribution in [-0.4, -0.2) is 64.7 Å². The fourth-order valence-corrected chi connectivity index (χ4v) is 5.96. The van der Waals surface area contributed by atoms with Crippen LogP contribution in [0.15, 0.2) is 54.2 Å². The van der Waals surface area contributed by atoms with Gasteiger partial charge in [-0.3, -0.25) is 24.6 Å². The highest BCUT2D eigenvalue weighted by atomic mass is 32.1. The number of carbonyl (C=O) groups excluding carboxylic acids is 2. The molecule has 1 aromatic heterocycles. The number of hydrogen-bond donors (Lipinski definition) is 0. The van der Waals surface area contributed by atoms with E-state index in [2.05, 4.69) is 0 Å². The molecule has 0 bridgehead atoms. The summed E-state index contributed by atoms with van der Waals surface area (Å²) >= 11 is 5.68. The van der Waals surface area contributed by atoms with Crippen LogP contribution in [0, 0.1) is 24.0 Å². The highest BCUT2D eigenvalue weighted by Gasteiger charge is 2.40. The van der Waals surface area contributed by atoms with E-state index in [1.54, 1.807) is 36.4 Å². The van der Waals surface area contributed by atoms with Crippen LogP contribution < -0.4 is 14.5 Å². The minimum absolute atomic E-state index is 0.0541. The van der Waals surface area contributed by atoms with Gasteiger partial charge in [-0.2, -0.15) is 0 Å². The summed E-state index contributed by atoms with van der Waals surface area (Å²) in [4.78, 5) is 42.7. The topological polar surface area (TPSA) is 110 Å². The molecule has 0 aliphatic carbocycles. The Bertz CT molecular complexity index is 1620. The minimum Gasteiger partial charge on any atom is -0.494 e. The molecule has 3 heterocycles. The maximum absolute atomic E-state index is 13.8. The summed E-state index contributed by atoms with van der Waals surface area (Å²) in [5, 5.41) is 12.2. The Morgan fingerprint density at radius 2 is 1.74 bits per heavy atom. The van der Waals surface area contributed by atoms with E-state index in [-0.39, 0.29) is 28.0 Å². The maximum atomic E-state index is 13.8. The number of methoxy groups -OCH3 is 1. The lowest BCUT2D eigenvalue weighted by Crippen LogP contribution is -2.35. The monoisotopic (exact) mass is 603 g/mol. The van der Waals surface area contributed by atoms with Crippen molar-refractivity contribution in [2.45, 2.75) is 33.6 Å². The average Bonchev–Trinajstić information content (AvgIpc) is 3.68. The van der Waals surface area contributed by atoms with Crippen LogP contribution in [-0.2, 0) is 14.3 Å². The standard InChI is InChI=1S/C31H33N5O6S/c1-5-42-25-11-8-23(9-12-25)35-30(38)28(33(31(35)43)19-29(37)41-4)17-22-16-20(2)34(21(22)3)24-10-13-26(27(18-24)36(39)40)32-14-6-7-15-32/h8-13,16-18H,5-7,14-15,19H2,1-4H3/b28-17-. The van der Waals surface area contributed by atoms with Crippen molar-refractivity contribution in [2.24, 2.45) is 0 Å². The van der Waals surface area contributed by atoms with Gasteiger partial charge in [0.25, 0.3) is 11.6 Å². The zero-order valence-corrected chi connectivity index (χ0v) is 25.3. The number of anilines is 2. The molecule has 0 atom stereocenters. The van der Waals surface area contributed by atoms with Gasteiger partial charge in [-0.15, -0.1) is 0 Å². The van der Waals surface area contributed by atoms with Crippen LogP contribution in [0.25, 0.3) is 11.8 Å². The second-order valence-electron chi connectivity index (χ2n) is 10.3. The van der Waals surface area contributed by atoms with Crippen molar-refractivity contribution in [1.82, 2.24) is 9.47 Å². The minimum atomic E-state index is -0.550. The highest BCUT2D eigenvalue weighted by molar-refractivity contribution is 7.80. The first kappa shape index (κ1) is 29.8. The van der Waals surface area contributed by atoms with E-state index < -0.39 is 11.9 Å². The summed E-state index contributed by atoms with van der Waals surface area (Å²) in [5.74, 6) is -0.286. The van der Waals surface area contributed by atoms with Crippen molar-refractivity contribution in [2.75, 3.05) is 43.2 Å². The van der Waals surface area contributed by atoms with E-state index in [0.717, 1.165) is 37.3 Å². The number of aryl methyl sites for hydroxylation is 1. The number of nitro benzene ring substituents is 1. The van der Waals surface area contributed by atoms with Crippen molar-refractivity contribution in [3.8, 4) is 11.4 Å². The third kappa shape index (κ3) is 5.70. The lowest BCUT2D eigenvalue weighted by Gasteiger charge is -2.19. The smallest absolute Gasteiger partial charge is 0.325 e. The molecule has 0 unspecified atom stereocenters. The molecule has 2 aromatic carbocycles. The van der Waals surface area contributed by atoms with E-state index in [1.165, 1.54) is 16.9 Å². The molecular formula is C31H33N5O6S.